The summed E-state index contributed by atoms with van der Waals surface area (Å²) >= 11 is 0. The van der Waals surface area contributed by atoms with Gasteiger partial charge < -0.3 is 9.67 Å². The molecule has 1 aromatic carbocycles. The van der Waals surface area contributed by atoms with E-state index in [4.69, 9.17) is 5.11 Å². The van der Waals surface area contributed by atoms with Crippen molar-refractivity contribution in [3.8, 4) is 0 Å². The molecule has 0 unspecified atom stereocenters. The van der Waals surface area contributed by atoms with E-state index in [9.17, 15) is 9.59 Å². The first-order chi connectivity index (χ1) is 8.18. The third kappa shape index (κ3) is 2.39. The molecule has 86 valence electrons. The van der Waals surface area contributed by atoms with Crippen LogP contribution in [0.15, 0.2) is 47.4 Å². The summed E-state index contributed by atoms with van der Waals surface area (Å²) in [5.74, 6) is -1.03. The zero-order valence-corrected chi connectivity index (χ0v) is 8.91. The Hall–Kier alpha value is -2.43. The van der Waals surface area contributed by atoms with E-state index in [1.165, 1.54) is 16.8 Å². The monoisotopic (exact) mass is 230 g/mol. The molecule has 0 atom stereocenters. The Morgan fingerprint density at radius 1 is 1.41 bits per heavy atom. The molecular formula is C12H10N2O3. The standard InChI is InChI=1S/C12H10N2O3/c15-11-8-13-9-4-1-2-5-10(9)14(11)7-3-6-12(16)17/h1-6,8H,7H2,(H,16,17). The molecule has 0 spiro atoms. The van der Waals surface area contributed by atoms with Crippen molar-refractivity contribution in [1.82, 2.24) is 9.55 Å². The average Bonchev–Trinajstić information content (AvgIpc) is 2.32. The highest BCUT2D eigenvalue weighted by molar-refractivity contribution is 5.79. The minimum Gasteiger partial charge on any atom is -0.478 e. The summed E-state index contributed by atoms with van der Waals surface area (Å²) in [6.07, 6.45) is 3.68. The number of allylic oxidation sites excluding steroid dienone is 1. The summed E-state index contributed by atoms with van der Waals surface area (Å²) in [6, 6.07) is 7.21. The molecule has 0 bridgehead atoms. The highest BCUT2D eigenvalue weighted by Gasteiger charge is 2.01. The van der Waals surface area contributed by atoms with Crippen molar-refractivity contribution in [2.24, 2.45) is 0 Å². The molecule has 1 aromatic heterocycles. The minimum atomic E-state index is -1.03. The van der Waals surface area contributed by atoms with E-state index < -0.39 is 5.97 Å². The van der Waals surface area contributed by atoms with E-state index >= 15 is 0 Å². The fourth-order valence-corrected chi connectivity index (χ4v) is 1.56. The van der Waals surface area contributed by atoms with E-state index in [2.05, 4.69) is 4.98 Å². The van der Waals surface area contributed by atoms with Crippen molar-refractivity contribution in [1.29, 1.82) is 0 Å². The quantitative estimate of drug-likeness (QED) is 0.799. The summed E-state index contributed by atoms with van der Waals surface area (Å²) in [4.78, 5) is 26.0. The molecule has 17 heavy (non-hydrogen) atoms. The Morgan fingerprint density at radius 2 is 2.18 bits per heavy atom. The van der Waals surface area contributed by atoms with Crippen LogP contribution in [0.1, 0.15) is 0 Å². The van der Waals surface area contributed by atoms with Gasteiger partial charge in [0.05, 0.1) is 17.2 Å². The van der Waals surface area contributed by atoms with Crippen LogP contribution in [0.2, 0.25) is 0 Å². The zero-order valence-electron chi connectivity index (χ0n) is 8.91. The Kier molecular flexibility index (Phi) is 3.00. The largest absolute Gasteiger partial charge is 0.478 e. The third-order valence-corrected chi connectivity index (χ3v) is 2.30. The highest BCUT2D eigenvalue weighted by Crippen LogP contribution is 2.07. The average molecular weight is 230 g/mol. The Bertz CT molecular complexity index is 643. The predicted octanol–water partition coefficient (Wildman–Crippen LogP) is 1.04. The molecule has 0 saturated heterocycles. The van der Waals surface area contributed by atoms with Crippen molar-refractivity contribution in [2.75, 3.05) is 0 Å². The summed E-state index contributed by atoms with van der Waals surface area (Å²) in [5, 5.41) is 8.49. The molecule has 2 rings (SSSR count). The molecule has 2 aromatic rings. The van der Waals surface area contributed by atoms with Gasteiger partial charge in [-0.2, -0.15) is 0 Å². The van der Waals surface area contributed by atoms with Gasteiger partial charge in [-0.05, 0) is 12.1 Å². The van der Waals surface area contributed by atoms with Crippen molar-refractivity contribution >= 4 is 17.0 Å². The number of fused-ring (bicyclic) bond motifs is 1. The SMILES string of the molecule is O=C(O)C=CCn1c(=O)cnc2ccccc21. The van der Waals surface area contributed by atoms with Crippen molar-refractivity contribution in [3.05, 3.63) is 53.0 Å². The number of carboxylic acid groups (broad SMARTS) is 1. The molecule has 5 heteroatoms. The first-order valence-corrected chi connectivity index (χ1v) is 5.02. The molecule has 1 N–H and O–H groups in total. The van der Waals surface area contributed by atoms with Gasteiger partial charge in [0.2, 0.25) is 0 Å². The van der Waals surface area contributed by atoms with E-state index in [0.29, 0.717) is 11.0 Å². The van der Waals surface area contributed by atoms with Crippen LogP contribution < -0.4 is 5.56 Å². The van der Waals surface area contributed by atoms with Gasteiger partial charge in [-0.3, -0.25) is 4.79 Å². The lowest BCUT2D eigenvalue weighted by molar-refractivity contribution is -0.131. The molecule has 0 amide bonds. The molecule has 0 radical (unpaired) electrons. The molecule has 0 aliphatic heterocycles. The van der Waals surface area contributed by atoms with Gasteiger partial charge in [-0.15, -0.1) is 0 Å². The maximum atomic E-state index is 11.6. The van der Waals surface area contributed by atoms with Crippen molar-refractivity contribution < 1.29 is 9.90 Å². The number of aromatic nitrogens is 2. The number of carbonyl (C=O) groups is 1. The molecule has 1 heterocycles. The number of carboxylic acids is 1. The number of hydrogen-bond donors (Lipinski definition) is 1. The van der Waals surface area contributed by atoms with Gasteiger partial charge in [0.15, 0.2) is 0 Å². The topological polar surface area (TPSA) is 72.2 Å². The number of rotatable bonds is 3. The highest BCUT2D eigenvalue weighted by atomic mass is 16.4. The van der Waals surface area contributed by atoms with Crippen LogP contribution in [0, 0.1) is 0 Å². The van der Waals surface area contributed by atoms with E-state index in [-0.39, 0.29) is 12.1 Å². The predicted molar refractivity (Wildman–Crippen MR) is 62.8 cm³/mol. The lowest BCUT2D eigenvalue weighted by atomic mass is 10.3. The van der Waals surface area contributed by atoms with Gasteiger partial charge in [-0.25, -0.2) is 9.78 Å². The number of nitrogens with zero attached hydrogens (tertiary/aromatic N) is 2. The van der Waals surface area contributed by atoms with E-state index in [1.54, 1.807) is 18.2 Å². The minimum absolute atomic E-state index is 0.216. The molecule has 0 aliphatic rings. The van der Waals surface area contributed by atoms with Crippen LogP contribution >= 0.6 is 0 Å². The second kappa shape index (κ2) is 4.61. The first-order valence-electron chi connectivity index (χ1n) is 5.02. The smallest absolute Gasteiger partial charge is 0.328 e. The normalized spacial score (nSPS) is 11.1. The first kappa shape index (κ1) is 11.1. The maximum Gasteiger partial charge on any atom is 0.328 e. The molecule has 0 aliphatic carbocycles. The van der Waals surface area contributed by atoms with Gasteiger partial charge in [0.1, 0.15) is 0 Å². The van der Waals surface area contributed by atoms with Gasteiger partial charge in [0, 0.05) is 12.6 Å². The second-order valence-corrected chi connectivity index (χ2v) is 3.44. The van der Waals surface area contributed by atoms with Crippen LogP contribution in [0.3, 0.4) is 0 Å². The number of aliphatic carboxylic acids is 1. The number of para-hydroxylation sites is 2. The van der Waals surface area contributed by atoms with Crippen LogP contribution in [0.5, 0.6) is 0 Å². The van der Waals surface area contributed by atoms with Crippen molar-refractivity contribution in [3.63, 3.8) is 0 Å². The number of hydrogen-bond acceptors (Lipinski definition) is 3. The molecule has 0 fully saturated rings. The Balaban J connectivity index is 2.48. The molecule has 0 saturated carbocycles. The van der Waals surface area contributed by atoms with Gasteiger partial charge >= 0.3 is 5.97 Å². The molecule has 5 nitrogen and oxygen atoms in total. The van der Waals surface area contributed by atoms with Crippen molar-refractivity contribution in [2.45, 2.75) is 6.54 Å². The fourth-order valence-electron chi connectivity index (χ4n) is 1.56. The summed E-state index contributed by atoms with van der Waals surface area (Å²) in [6.45, 7) is 0.216. The Morgan fingerprint density at radius 3 is 2.94 bits per heavy atom. The maximum absolute atomic E-state index is 11.6. The van der Waals surface area contributed by atoms with E-state index in [1.807, 2.05) is 6.07 Å². The van der Waals surface area contributed by atoms with E-state index in [0.717, 1.165) is 6.08 Å². The van der Waals surface area contributed by atoms with Crippen LogP contribution in [0.25, 0.3) is 11.0 Å². The lowest BCUT2D eigenvalue weighted by Gasteiger charge is -2.05. The van der Waals surface area contributed by atoms with Crippen LogP contribution in [-0.4, -0.2) is 20.6 Å². The zero-order chi connectivity index (χ0) is 12.3. The summed E-state index contributed by atoms with van der Waals surface area (Å²) in [5.41, 5.74) is 1.14. The second-order valence-electron chi connectivity index (χ2n) is 3.44. The lowest BCUT2D eigenvalue weighted by Crippen LogP contribution is -2.19. The fraction of sp³-hybridized carbons (Fsp3) is 0.0833. The number of benzene rings is 1. The van der Waals surface area contributed by atoms with Crippen LogP contribution in [-0.2, 0) is 11.3 Å². The van der Waals surface area contributed by atoms with Gasteiger partial charge in [-0.1, -0.05) is 18.2 Å². The van der Waals surface area contributed by atoms with Gasteiger partial charge in [0.25, 0.3) is 5.56 Å². The summed E-state index contributed by atoms with van der Waals surface area (Å²) in [7, 11) is 0. The third-order valence-electron chi connectivity index (χ3n) is 2.30. The summed E-state index contributed by atoms with van der Waals surface area (Å²) < 4.78 is 1.47. The van der Waals surface area contributed by atoms with Crippen LogP contribution in [0.4, 0.5) is 0 Å². The Labute approximate surface area is 96.6 Å². The molecular weight excluding hydrogens is 220 g/mol.